The number of halogens is 1. The van der Waals surface area contributed by atoms with Gasteiger partial charge in [-0.1, -0.05) is 0 Å². The molecule has 78 valence electrons. The number of nitrogen functional groups attached to an aromatic ring is 1. The van der Waals surface area contributed by atoms with Gasteiger partial charge in [0.05, 0.1) is 5.69 Å². The van der Waals surface area contributed by atoms with E-state index in [2.05, 4.69) is 10.2 Å². The standard InChI is InChI=1S/C9H8FN3O2/c10-8-6(14)2-1-4(9(8)15)5-3-7(11)13-12-5/h1-3,14-15H,(H3,11,12,13). The fourth-order valence-electron chi connectivity index (χ4n) is 1.25. The highest BCUT2D eigenvalue weighted by Gasteiger charge is 2.14. The van der Waals surface area contributed by atoms with Crippen molar-refractivity contribution in [3.8, 4) is 22.8 Å². The van der Waals surface area contributed by atoms with E-state index in [0.717, 1.165) is 6.07 Å². The number of aromatic nitrogens is 2. The van der Waals surface area contributed by atoms with Crippen LogP contribution in [0.4, 0.5) is 10.2 Å². The molecule has 0 saturated heterocycles. The maximum absolute atomic E-state index is 13.1. The Morgan fingerprint density at radius 1 is 1.33 bits per heavy atom. The van der Waals surface area contributed by atoms with Crippen LogP contribution >= 0.6 is 0 Å². The summed E-state index contributed by atoms with van der Waals surface area (Å²) in [6.45, 7) is 0. The summed E-state index contributed by atoms with van der Waals surface area (Å²) in [7, 11) is 0. The molecule has 1 aromatic carbocycles. The second kappa shape index (κ2) is 3.16. The van der Waals surface area contributed by atoms with Gasteiger partial charge in [-0.2, -0.15) is 9.49 Å². The molecule has 0 spiro atoms. The van der Waals surface area contributed by atoms with Gasteiger partial charge in [-0.25, -0.2) is 0 Å². The van der Waals surface area contributed by atoms with Gasteiger partial charge >= 0.3 is 0 Å². The zero-order valence-electron chi connectivity index (χ0n) is 7.53. The SMILES string of the molecule is Nc1cc(-c2ccc(O)c(F)c2O)[nH]n1. The number of nitrogens with zero attached hydrogens (tertiary/aromatic N) is 1. The van der Waals surface area contributed by atoms with E-state index < -0.39 is 17.3 Å². The minimum Gasteiger partial charge on any atom is -0.505 e. The Morgan fingerprint density at radius 2 is 2.07 bits per heavy atom. The van der Waals surface area contributed by atoms with Gasteiger partial charge < -0.3 is 15.9 Å². The summed E-state index contributed by atoms with van der Waals surface area (Å²) in [5, 5.41) is 24.6. The zero-order valence-corrected chi connectivity index (χ0v) is 7.53. The Hall–Kier alpha value is -2.24. The number of nitrogens with two attached hydrogens (primary N) is 1. The molecule has 0 radical (unpaired) electrons. The second-order valence-corrected chi connectivity index (χ2v) is 3.00. The van der Waals surface area contributed by atoms with E-state index in [4.69, 9.17) is 10.8 Å². The largest absolute Gasteiger partial charge is 0.505 e. The molecular weight excluding hydrogens is 201 g/mol. The number of hydrogen-bond donors (Lipinski definition) is 4. The number of hydrogen-bond acceptors (Lipinski definition) is 4. The number of nitrogens with one attached hydrogen (secondary N) is 1. The van der Waals surface area contributed by atoms with Crippen LogP contribution in [-0.2, 0) is 0 Å². The van der Waals surface area contributed by atoms with Crippen molar-refractivity contribution in [1.82, 2.24) is 10.2 Å². The van der Waals surface area contributed by atoms with E-state index in [9.17, 15) is 9.50 Å². The van der Waals surface area contributed by atoms with E-state index in [1.54, 1.807) is 0 Å². The molecular formula is C9H8FN3O2. The van der Waals surface area contributed by atoms with Gasteiger partial charge in [0.25, 0.3) is 0 Å². The van der Waals surface area contributed by atoms with Crippen LogP contribution in [0.15, 0.2) is 18.2 Å². The lowest BCUT2D eigenvalue weighted by molar-refractivity contribution is 0.390. The molecule has 1 heterocycles. The molecule has 1 aromatic heterocycles. The van der Waals surface area contributed by atoms with Crippen molar-refractivity contribution in [2.75, 3.05) is 5.73 Å². The smallest absolute Gasteiger partial charge is 0.207 e. The minimum absolute atomic E-state index is 0.189. The molecule has 0 aliphatic heterocycles. The van der Waals surface area contributed by atoms with Crippen molar-refractivity contribution in [3.05, 3.63) is 24.0 Å². The highest BCUT2D eigenvalue weighted by atomic mass is 19.1. The topological polar surface area (TPSA) is 95.2 Å². The van der Waals surface area contributed by atoms with Gasteiger partial charge in [0.15, 0.2) is 11.5 Å². The van der Waals surface area contributed by atoms with Crippen LogP contribution in [0.1, 0.15) is 0 Å². The third kappa shape index (κ3) is 1.45. The van der Waals surface area contributed by atoms with Gasteiger partial charge in [-0.05, 0) is 12.1 Å². The van der Waals surface area contributed by atoms with Gasteiger partial charge in [0.1, 0.15) is 5.82 Å². The predicted molar refractivity (Wildman–Crippen MR) is 51.7 cm³/mol. The number of rotatable bonds is 1. The summed E-state index contributed by atoms with van der Waals surface area (Å²) in [4.78, 5) is 0. The third-order valence-corrected chi connectivity index (χ3v) is 1.98. The summed E-state index contributed by atoms with van der Waals surface area (Å²) >= 11 is 0. The van der Waals surface area contributed by atoms with Gasteiger partial charge in [0.2, 0.25) is 5.82 Å². The molecule has 0 atom stereocenters. The first-order valence-corrected chi connectivity index (χ1v) is 4.11. The Kier molecular flexibility index (Phi) is 1.96. The first-order chi connectivity index (χ1) is 7.09. The molecule has 0 amide bonds. The molecule has 2 rings (SSSR count). The normalized spacial score (nSPS) is 10.5. The van der Waals surface area contributed by atoms with Gasteiger partial charge in [-0.3, -0.25) is 5.10 Å². The number of phenolic OH excluding ortho intramolecular Hbond substituents is 2. The average Bonchev–Trinajstić information content (AvgIpc) is 2.61. The Morgan fingerprint density at radius 3 is 2.67 bits per heavy atom. The Balaban J connectivity index is 2.59. The molecule has 6 heteroatoms. The lowest BCUT2D eigenvalue weighted by Gasteiger charge is -2.03. The summed E-state index contributed by atoms with van der Waals surface area (Å²) in [6, 6.07) is 3.95. The van der Waals surface area contributed by atoms with Crippen molar-refractivity contribution in [2.24, 2.45) is 0 Å². The fraction of sp³-hybridized carbons (Fsp3) is 0. The fourth-order valence-corrected chi connectivity index (χ4v) is 1.25. The summed E-state index contributed by atoms with van der Waals surface area (Å²) in [5.74, 6) is -2.08. The molecule has 0 aliphatic rings. The molecule has 2 aromatic rings. The van der Waals surface area contributed by atoms with Crippen molar-refractivity contribution in [3.63, 3.8) is 0 Å². The number of anilines is 1. The molecule has 0 unspecified atom stereocenters. The third-order valence-electron chi connectivity index (χ3n) is 1.98. The maximum atomic E-state index is 13.1. The number of aromatic hydroxyl groups is 2. The van der Waals surface area contributed by atoms with Crippen molar-refractivity contribution in [2.45, 2.75) is 0 Å². The van der Waals surface area contributed by atoms with Crippen molar-refractivity contribution in [1.29, 1.82) is 0 Å². The van der Waals surface area contributed by atoms with E-state index in [-0.39, 0.29) is 11.4 Å². The van der Waals surface area contributed by atoms with E-state index in [1.165, 1.54) is 12.1 Å². The lowest BCUT2D eigenvalue weighted by Crippen LogP contribution is -1.84. The van der Waals surface area contributed by atoms with Gasteiger partial charge in [0, 0.05) is 11.6 Å². The monoisotopic (exact) mass is 209 g/mol. The number of aromatic amines is 1. The molecule has 0 fully saturated rings. The number of phenols is 2. The van der Waals surface area contributed by atoms with Crippen LogP contribution in [0, 0.1) is 5.82 Å². The summed E-state index contributed by atoms with van der Waals surface area (Å²) in [5.41, 5.74) is 5.93. The highest BCUT2D eigenvalue weighted by molar-refractivity contribution is 5.70. The molecule has 0 aliphatic carbocycles. The predicted octanol–water partition coefficient (Wildman–Crippen LogP) is 1.21. The first kappa shape index (κ1) is 9.32. The first-order valence-electron chi connectivity index (χ1n) is 4.11. The minimum atomic E-state index is -1.07. The molecule has 5 N–H and O–H groups in total. The summed E-state index contributed by atoms with van der Waals surface area (Å²) in [6.07, 6.45) is 0. The quantitative estimate of drug-likeness (QED) is 0.567. The average molecular weight is 209 g/mol. The maximum Gasteiger partial charge on any atom is 0.207 e. The van der Waals surface area contributed by atoms with E-state index >= 15 is 0 Å². The van der Waals surface area contributed by atoms with Crippen LogP contribution in [-0.4, -0.2) is 20.4 Å². The molecule has 15 heavy (non-hydrogen) atoms. The van der Waals surface area contributed by atoms with E-state index in [0.29, 0.717) is 5.69 Å². The molecule has 0 saturated carbocycles. The van der Waals surface area contributed by atoms with Crippen LogP contribution < -0.4 is 5.73 Å². The van der Waals surface area contributed by atoms with Crippen LogP contribution in [0.5, 0.6) is 11.5 Å². The lowest BCUT2D eigenvalue weighted by atomic mass is 10.1. The second-order valence-electron chi connectivity index (χ2n) is 3.00. The van der Waals surface area contributed by atoms with Crippen LogP contribution in [0.2, 0.25) is 0 Å². The zero-order chi connectivity index (χ0) is 11.0. The van der Waals surface area contributed by atoms with Crippen LogP contribution in [0.3, 0.4) is 0 Å². The van der Waals surface area contributed by atoms with Crippen LogP contribution in [0.25, 0.3) is 11.3 Å². The molecule has 0 bridgehead atoms. The Labute approximate surface area is 84.0 Å². The van der Waals surface area contributed by atoms with Crippen molar-refractivity contribution < 1.29 is 14.6 Å². The van der Waals surface area contributed by atoms with Gasteiger partial charge in [-0.15, -0.1) is 0 Å². The van der Waals surface area contributed by atoms with Crippen molar-refractivity contribution >= 4 is 5.82 Å². The summed E-state index contributed by atoms with van der Waals surface area (Å²) < 4.78 is 13.1. The number of H-pyrrole nitrogens is 1. The highest BCUT2D eigenvalue weighted by Crippen LogP contribution is 2.34. The number of benzene rings is 1. The molecule has 5 nitrogen and oxygen atoms in total. The Bertz CT molecular complexity index is 510. The van der Waals surface area contributed by atoms with E-state index in [1.807, 2.05) is 0 Å².